The molecule has 0 aromatic rings. The van der Waals surface area contributed by atoms with E-state index in [4.69, 9.17) is 0 Å². The van der Waals surface area contributed by atoms with Crippen molar-refractivity contribution in [1.82, 2.24) is 0 Å². The Hall–Kier alpha value is -0.500. The number of ether oxygens (including phenoxy) is 2. The van der Waals surface area contributed by atoms with E-state index in [9.17, 15) is 26.3 Å². The molecule has 0 N–H and O–H groups in total. The normalized spacial score (nSPS) is 30.4. The molecule has 0 bridgehead atoms. The van der Waals surface area contributed by atoms with Crippen LogP contribution in [-0.2, 0) is 9.47 Å². The summed E-state index contributed by atoms with van der Waals surface area (Å²) in [6.45, 7) is -0.299. The van der Waals surface area contributed by atoms with E-state index in [0.29, 0.717) is 0 Å². The fourth-order valence-corrected chi connectivity index (χ4v) is 0.474. The Balaban J connectivity index is 0.000000140. The summed E-state index contributed by atoms with van der Waals surface area (Å²) in [4.78, 5) is 0. The Kier molecular flexibility index (Phi) is 2.96. The summed E-state index contributed by atoms with van der Waals surface area (Å²) in [7, 11) is 0. The van der Waals surface area contributed by atoms with E-state index >= 15 is 0 Å². The van der Waals surface area contributed by atoms with Crippen LogP contribution >= 0.6 is 0 Å². The predicted octanol–water partition coefficient (Wildman–Crippen LogP) is 1.89. The summed E-state index contributed by atoms with van der Waals surface area (Å²) in [5, 5.41) is 0. The first-order valence-corrected chi connectivity index (χ1v) is 3.58. The molecule has 2 aliphatic heterocycles. The van der Waals surface area contributed by atoms with Crippen molar-refractivity contribution in [3.05, 3.63) is 0 Å². The third-order valence-corrected chi connectivity index (χ3v) is 1.40. The van der Waals surface area contributed by atoms with Crippen molar-refractivity contribution in [1.29, 1.82) is 0 Å². The summed E-state index contributed by atoms with van der Waals surface area (Å²) in [6.07, 6.45) is -11.1. The SMILES string of the molecule is FC(F)(F)[C@@H]1CO1.FC(F)(F)[C@H]1CO1. The first-order chi connectivity index (χ1) is 6.21. The molecule has 2 aliphatic rings. The Morgan fingerprint density at radius 2 is 0.929 bits per heavy atom. The fraction of sp³-hybridized carbons (Fsp3) is 1.00. The van der Waals surface area contributed by atoms with Crippen molar-refractivity contribution < 1.29 is 35.8 Å². The average molecular weight is 224 g/mol. The fourth-order valence-electron chi connectivity index (χ4n) is 0.474. The highest BCUT2D eigenvalue weighted by atomic mass is 19.4. The van der Waals surface area contributed by atoms with Crippen molar-refractivity contribution in [3.63, 3.8) is 0 Å². The molecular formula is C6H6F6O2. The van der Waals surface area contributed by atoms with Gasteiger partial charge in [-0.05, 0) is 0 Å². The number of alkyl halides is 6. The maximum atomic E-state index is 11.1. The van der Waals surface area contributed by atoms with Crippen molar-refractivity contribution in [2.75, 3.05) is 13.2 Å². The first kappa shape index (κ1) is 11.6. The van der Waals surface area contributed by atoms with Gasteiger partial charge in [-0.3, -0.25) is 0 Å². The number of rotatable bonds is 0. The van der Waals surface area contributed by atoms with Crippen molar-refractivity contribution in [2.24, 2.45) is 0 Å². The summed E-state index contributed by atoms with van der Waals surface area (Å²) in [5.74, 6) is 0. The van der Waals surface area contributed by atoms with E-state index in [-0.39, 0.29) is 13.2 Å². The molecule has 84 valence electrons. The van der Waals surface area contributed by atoms with Crippen LogP contribution in [0, 0.1) is 0 Å². The van der Waals surface area contributed by atoms with Crippen LogP contribution in [0.15, 0.2) is 0 Å². The van der Waals surface area contributed by atoms with Gasteiger partial charge in [0.15, 0.2) is 12.2 Å². The Morgan fingerprint density at radius 1 is 0.714 bits per heavy atom. The Morgan fingerprint density at radius 3 is 0.929 bits per heavy atom. The lowest BCUT2D eigenvalue weighted by atomic mass is 10.5. The third-order valence-electron chi connectivity index (χ3n) is 1.40. The summed E-state index contributed by atoms with van der Waals surface area (Å²) < 4.78 is 74.6. The van der Waals surface area contributed by atoms with Crippen LogP contribution in [0.5, 0.6) is 0 Å². The van der Waals surface area contributed by atoms with Crippen molar-refractivity contribution in [3.8, 4) is 0 Å². The van der Waals surface area contributed by atoms with E-state index in [2.05, 4.69) is 9.47 Å². The zero-order chi connectivity index (χ0) is 11.0. The van der Waals surface area contributed by atoms with Crippen LogP contribution in [-0.4, -0.2) is 37.8 Å². The highest BCUT2D eigenvalue weighted by Crippen LogP contribution is 2.31. The van der Waals surface area contributed by atoms with Gasteiger partial charge in [0, 0.05) is 0 Å². The van der Waals surface area contributed by atoms with E-state index in [1.165, 1.54) is 0 Å². The van der Waals surface area contributed by atoms with Gasteiger partial charge in [0.25, 0.3) is 0 Å². The van der Waals surface area contributed by atoms with Crippen LogP contribution in [0.4, 0.5) is 26.3 Å². The topological polar surface area (TPSA) is 25.1 Å². The second-order valence-corrected chi connectivity index (χ2v) is 2.73. The zero-order valence-electron chi connectivity index (χ0n) is 6.65. The van der Waals surface area contributed by atoms with Gasteiger partial charge in [-0.2, -0.15) is 26.3 Å². The first-order valence-electron chi connectivity index (χ1n) is 3.58. The lowest BCUT2D eigenvalue weighted by molar-refractivity contribution is -0.146. The number of epoxide rings is 2. The molecule has 0 aromatic heterocycles. The second-order valence-electron chi connectivity index (χ2n) is 2.73. The molecule has 14 heavy (non-hydrogen) atoms. The summed E-state index contributed by atoms with van der Waals surface area (Å²) in [6, 6.07) is 0. The van der Waals surface area contributed by atoms with E-state index in [0.717, 1.165) is 0 Å². The third kappa shape index (κ3) is 4.14. The molecule has 0 radical (unpaired) electrons. The zero-order valence-corrected chi connectivity index (χ0v) is 6.65. The van der Waals surface area contributed by atoms with Gasteiger partial charge in [0.05, 0.1) is 13.2 Å². The quantitative estimate of drug-likeness (QED) is 0.463. The number of hydrogen-bond donors (Lipinski definition) is 0. The summed E-state index contributed by atoms with van der Waals surface area (Å²) in [5.41, 5.74) is 0. The lowest BCUT2D eigenvalue weighted by Gasteiger charge is -1.96. The van der Waals surface area contributed by atoms with Gasteiger partial charge < -0.3 is 9.47 Å². The van der Waals surface area contributed by atoms with Gasteiger partial charge in [-0.25, -0.2) is 0 Å². The van der Waals surface area contributed by atoms with Crippen LogP contribution < -0.4 is 0 Å². The second kappa shape index (κ2) is 3.58. The molecule has 0 amide bonds. The molecule has 2 saturated heterocycles. The molecule has 0 aliphatic carbocycles. The molecule has 8 heteroatoms. The highest BCUT2D eigenvalue weighted by Gasteiger charge is 2.49. The molecule has 2 fully saturated rings. The molecule has 2 atom stereocenters. The van der Waals surface area contributed by atoms with Crippen LogP contribution in [0.2, 0.25) is 0 Å². The highest BCUT2D eigenvalue weighted by molar-refractivity contribution is 4.77. The monoisotopic (exact) mass is 224 g/mol. The van der Waals surface area contributed by atoms with Crippen LogP contribution in [0.25, 0.3) is 0 Å². The van der Waals surface area contributed by atoms with Gasteiger partial charge in [0.2, 0.25) is 0 Å². The molecule has 0 spiro atoms. The predicted molar refractivity (Wildman–Crippen MR) is 31.6 cm³/mol. The maximum Gasteiger partial charge on any atom is 0.416 e. The van der Waals surface area contributed by atoms with Crippen LogP contribution in [0.1, 0.15) is 0 Å². The largest absolute Gasteiger partial charge is 0.416 e. The molecule has 2 rings (SSSR count). The molecule has 0 aromatic carbocycles. The molecule has 0 saturated carbocycles. The molecular weight excluding hydrogens is 218 g/mol. The van der Waals surface area contributed by atoms with Crippen molar-refractivity contribution >= 4 is 0 Å². The minimum Gasteiger partial charge on any atom is -0.363 e. The maximum absolute atomic E-state index is 11.1. The smallest absolute Gasteiger partial charge is 0.363 e. The lowest BCUT2D eigenvalue weighted by Crippen LogP contribution is -2.15. The number of hydrogen-bond acceptors (Lipinski definition) is 2. The molecule has 2 nitrogen and oxygen atoms in total. The Labute approximate surface area is 74.8 Å². The van der Waals surface area contributed by atoms with Gasteiger partial charge in [0.1, 0.15) is 0 Å². The number of halogens is 6. The van der Waals surface area contributed by atoms with E-state index in [1.807, 2.05) is 0 Å². The average Bonchev–Trinajstić information content (AvgIpc) is 2.81. The Bertz CT molecular complexity index is 167. The standard InChI is InChI=1S/2C3H3F3O/c2*4-3(5,6)2-1-7-2/h2*2H,1H2/t2*2-/m10/s1. The van der Waals surface area contributed by atoms with Gasteiger partial charge in [-0.1, -0.05) is 0 Å². The minimum absolute atomic E-state index is 0.149. The summed E-state index contributed by atoms with van der Waals surface area (Å²) >= 11 is 0. The minimum atomic E-state index is -4.11. The molecule has 0 unspecified atom stereocenters. The van der Waals surface area contributed by atoms with Gasteiger partial charge >= 0.3 is 12.4 Å². The van der Waals surface area contributed by atoms with E-state index < -0.39 is 24.6 Å². The van der Waals surface area contributed by atoms with E-state index in [1.54, 1.807) is 0 Å². The van der Waals surface area contributed by atoms with Crippen molar-refractivity contribution in [2.45, 2.75) is 24.6 Å². The molecule has 2 heterocycles. The van der Waals surface area contributed by atoms with Gasteiger partial charge in [-0.15, -0.1) is 0 Å². The van der Waals surface area contributed by atoms with Crippen LogP contribution in [0.3, 0.4) is 0 Å².